The van der Waals surface area contributed by atoms with E-state index >= 15 is 0 Å². The van der Waals surface area contributed by atoms with Gasteiger partial charge in [-0.25, -0.2) is 0 Å². The highest BCUT2D eigenvalue weighted by Crippen LogP contribution is 2.22. The number of ether oxygens (including phenoxy) is 1. The van der Waals surface area contributed by atoms with Gasteiger partial charge in [0.05, 0.1) is 12.6 Å². The van der Waals surface area contributed by atoms with Gasteiger partial charge in [0, 0.05) is 11.5 Å². The number of azide groups is 1. The molecule has 0 aliphatic carbocycles. The number of hydrogen-bond acceptors (Lipinski definition) is 2. The van der Waals surface area contributed by atoms with Crippen molar-refractivity contribution >= 4 is 0 Å². The Labute approximate surface area is 66.2 Å². The van der Waals surface area contributed by atoms with E-state index in [1.165, 1.54) is 0 Å². The van der Waals surface area contributed by atoms with Crippen LogP contribution in [0.4, 0.5) is 0 Å². The zero-order chi connectivity index (χ0) is 8.10. The summed E-state index contributed by atoms with van der Waals surface area (Å²) in [6.45, 7) is 3.49. The lowest BCUT2D eigenvalue weighted by Gasteiger charge is -2.02. The zero-order valence-corrected chi connectivity index (χ0v) is 6.73. The highest BCUT2D eigenvalue weighted by molar-refractivity contribution is 4.74. The van der Waals surface area contributed by atoms with Gasteiger partial charge < -0.3 is 4.74 Å². The molecule has 62 valence electrons. The van der Waals surface area contributed by atoms with Gasteiger partial charge in [0.1, 0.15) is 0 Å². The second kappa shape index (κ2) is 4.21. The quantitative estimate of drug-likeness (QED) is 0.350. The summed E-state index contributed by atoms with van der Waals surface area (Å²) in [5, 5.41) is 3.48. The van der Waals surface area contributed by atoms with Gasteiger partial charge in [0.25, 0.3) is 0 Å². The maximum atomic E-state index is 8.05. The first kappa shape index (κ1) is 8.37. The Morgan fingerprint density at radius 1 is 1.73 bits per heavy atom. The molecule has 0 amide bonds. The highest BCUT2D eigenvalue weighted by atomic mass is 16.5. The summed E-state index contributed by atoms with van der Waals surface area (Å²) in [4.78, 5) is 2.70. The number of nitrogens with zero attached hydrogens (tertiary/aromatic N) is 3. The fourth-order valence-corrected chi connectivity index (χ4v) is 1.32. The van der Waals surface area contributed by atoms with Crippen LogP contribution in [-0.4, -0.2) is 19.3 Å². The van der Waals surface area contributed by atoms with Crippen LogP contribution in [0.1, 0.15) is 19.8 Å². The van der Waals surface area contributed by atoms with Crippen LogP contribution in [0.5, 0.6) is 0 Å². The Hall–Kier alpha value is -0.730. The van der Waals surface area contributed by atoms with Crippen LogP contribution in [0.3, 0.4) is 0 Å². The Morgan fingerprint density at radius 3 is 3.09 bits per heavy atom. The van der Waals surface area contributed by atoms with Crippen molar-refractivity contribution in [3.8, 4) is 0 Å². The summed E-state index contributed by atoms with van der Waals surface area (Å²) in [7, 11) is 0. The molecule has 1 aliphatic heterocycles. The minimum atomic E-state index is 0.177. The summed E-state index contributed by atoms with van der Waals surface area (Å²) >= 11 is 0. The molecule has 1 aliphatic rings. The summed E-state index contributed by atoms with van der Waals surface area (Å²) in [6.07, 6.45) is 2.39. The molecule has 1 heterocycles. The molecule has 0 bridgehead atoms. The second-order valence-electron chi connectivity index (χ2n) is 2.88. The fraction of sp³-hybridized carbons (Fsp3) is 1.00. The third-order valence-corrected chi connectivity index (χ3v) is 2.09. The third kappa shape index (κ3) is 2.41. The van der Waals surface area contributed by atoms with Crippen molar-refractivity contribution in [1.82, 2.24) is 0 Å². The van der Waals surface area contributed by atoms with Crippen LogP contribution in [0.2, 0.25) is 0 Å². The first-order valence-corrected chi connectivity index (χ1v) is 3.99. The van der Waals surface area contributed by atoms with Crippen molar-refractivity contribution in [2.24, 2.45) is 11.0 Å². The van der Waals surface area contributed by atoms with Gasteiger partial charge in [-0.1, -0.05) is 18.5 Å². The van der Waals surface area contributed by atoms with Crippen molar-refractivity contribution in [3.63, 3.8) is 0 Å². The average Bonchev–Trinajstić information content (AvgIpc) is 2.48. The molecule has 0 spiro atoms. The topological polar surface area (TPSA) is 58.0 Å². The highest BCUT2D eigenvalue weighted by Gasteiger charge is 2.22. The molecular weight excluding hydrogens is 142 g/mol. The minimum absolute atomic E-state index is 0.177. The van der Waals surface area contributed by atoms with Crippen LogP contribution in [-0.2, 0) is 4.74 Å². The lowest BCUT2D eigenvalue weighted by molar-refractivity contribution is 0.112. The van der Waals surface area contributed by atoms with E-state index in [0.717, 1.165) is 19.4 Å². The molecule has 11 heavy (non-hydrogen) atoms. The van der Waals surface area contributed by atoms with E-state index in [1.54, 1.807) is 0 Å². The Kier molecular flexibility index (Phi) is 3.20. The molecule has 1 saturated heterocycles. The molecule has 4 nitrogen and oxygen atoms in total. The second-order valence-corrected chi connectivity index (χ2v) is 2.88. The molecule has 4 heteroatoms. The molecule has 0 unspecified atom stereocenters. The van der Waals surface area contributed by atoms with E-state index in [-0.39, 0.29) is 6.10 Å². The maximum Gasteiger partial charge on any atom is 0.0635 e. The van der Waals surface area contributed by atoms with E-state index in [1.807, 2.05) is 0 Å². The molecule has 1 fully saturated rings. The zero-order valence-electron chi connectivity index (χ0n) is 6.73. The largest absolute Gasteiger partial charge is 0.378 e. The molecule has 0 aromatic rings. The molecule has 0 radical (unpaired) electrons. The molecule has 2 atom stereocenters. The first-order valence-electron chi connectivity index (χ1n) is 3.99. The summed E-state index contributed by atoms with van der Waals surface area (Å²) in [5.74, 6) is 0.675. The molecular formula is C7H13N3O. The lowest BCUT2D eigenvalue weighted by Crippen LogP contribution is -2.08. The Bertz CT molecular complexity index is 165. The first-order chi connectivity index (χ1) is 5.36. The standard InChI is InChI=1S/C7H13N3O/c1-2-6-3-7(11-5-6)4-9-10-8/h6-7H,2-5H2,1H3/t6-,7-/m0/s1. The summed E-state index contributed by atoms with van der Waals surface area (Å²) in [6, 6.07) is 0. The van der Waals surface area contributed by atoms with Gasteiger partial charge in [-0.15, -0.1) is 0 Å². The predicted octanol–water partition coefficient (Wildman–Crippen LogP) is 2.11. The van der Waals surface area contributed by atoms with E-state index in [4.69, 9.17) is 10.3 Å². The van der Waals surface area contributed by atoms with Crippen molar-refractivity contribution in [3.05, 3.63) is 10.4 Å². The number of rotatable bonds is 3. The van der Waals surface area contributed by atoms with E-state index in [0.29, 0.717) is 12.5 Å². The van der Waals surface area contributed by atoms with Gasteiger partial charge in [-0.2, -0.15) is 0 Å². The van der Waals surface area contributed by atoms with Gasteiger partial charge in [0.15, 0.2) is 0 Å². The minimum Gasteiger partial charge on any atom is -0.378 e. The van der Waals surface area contributed by atoms with E-state index < -0.39 is 0 Å². The predicted molar refractivity (Wildman–Crippen MR) is 42.2 cm³/mol. The van der Waals surface area contributed by atoms with Crippen molar-refractivity contribution < 1.29 is 4.74 Å². The fourth-order valence-electron chi connectivity index (χ4n) is 1.32. The van der Waals surface area contributed by atoms with Crippen LogP contribution in [0, 0.1) is 5.92 Å². The smallest absolute Gasteiger partial charge is 0.0635 e. The van der Waals surface area contributed by atoms with Gasteiger partial charge in [-0.05, 0) is 17.9 Å². The van der Waals surface area contributed by atoms with Gasteiger partial charge >= 0.3 is 0 Å². The van der Waals surface area contributed by atoms with Gasteiger partial charge in [0.2, 0.25) is 0 Å². The molecule has 0 N–H and O–H groups in total. The van der Waals surface area contributed by atoms with Crippen LogP contribution in [0.15, 0.2) is 5.11 Å². The van der Waals surface area contributed by atoms with Crippen LogP contribution >= 0.6 is 0 Å². The lowest BCUT2D eigenvalue weighted by atomic mass is 10.0. The van der Waals surface area contributed by atoms with Crippen LogP contribution in [0.25, 0.3) is 10.4 Å². The maximum absolute atomic E-state index is 8.05. The van der Waals surface area contributed by atoms with Crippen LogP contribution < -0.4 is 0 Å². The summed E-state index contributed by atoms with van der Waals surface area (Å²) in [5.41, 5.74) is 8.05. The molecule has 0 aromatic heterocycles. The number of hydrogen-bond donors (Lipinski definition) is 0. The molecule has 1 rings (SSSR count). The van der Waals surface area contributed by atoms with Crippen molar-refractivity contribution in [1.29, 1.82) is 0 Å². The SMILES string of the molecule is CC[C@@H]1CO[C@H](CN=[N+]=[N-])C1. The normalized spacial score (nSPS) is 29.9. The van der Waals surface area contributed by atoms with Gasteiger partial charge in [-0.3, -0.25) is 0 Å². The Morgan fingerprint density at radius 2 is 2.55 bits per heavy atom. The van der Waals surface area contributed by atoms with E-state index in [9.17, 15) is 0 Å². The molecule has 0 saturated carbocycles. The third-order valence-electron chi connectivity index (χ3n) is 2.09. The van der Waals surface area contributed by atoms with Crippen molar-refractivity contribution in [2.75, 3.05) is 13.2 Å². The Balaban J connectivity index is 2.24. The summed E-state index contributed by atoms with van der Waals surface area (Å²) < 4.78 is 5.39. The van der Waals surface area contributed by atoms with Crippen molar-refractivity contribution in [2.45, 2.75) is 25.9 Å². The molecule has 0 aromatic carbocycles. The van der Waals surface area contributed by atoms with E-state index in [2.05, 4.69) is 16.9 Å². The average molecular weight is 155 g/mol. The monoisotopic (exact) mass is 155 g/mol.